The van der Waals surface area contributed by atoms with Gasteiger partial charge in [-0.3, -0.25) is 0 Å². The lowest BCUT2D eigenvalue weighted by molar-refractivity contribution is -0.0530. The van der Waals surface area contributed by atoms with Crippen molar-refractivity contribution >= 4 is 23.5 Å². The molecule has 0 aliphatic carbocycles. The fourth-order valence-corrected chi connectivity index (χ4v) is 2.71. The maximum Gasteiger partial charge on any atom is 0.322 e. The molecule has 0 aromatic heterocycles. The Hall–Kier alpha value is -1.20. The van der Waals surface area contributed by atoms with Gasteiger partial charge in [0.15, 0.2) is 0 Å². The van der Waals surface area contributed by atoms with Crippen LogP contribution in [0.5, 0.6) is 0 Å². The fraction of sp³-hybridized carbons (Fsp3) is 0.500. The SMILES string of the molecule is CSc1cccc(NC(=O)N2C[C@H](C)O[C@@H](C)C2)c1. The van der Waals surface area contributed by atoms with Crippen molar-refractivity contribution in [1.82, 2.24) is 4.90 Å². The van der Waals surface area contributed by atoms with Crippen LogP contribution in [0.4, 0.5) is 10.5 Å². The summed E-state index contributed by atoms with van der Waals surface area (Å²) in [7, 11) is 0. The number of carbonyl (C=O) groups is 1. The van der Waals surface area contributed by atoms with E-state index in [4.69, 9.17) is 4.74 Å². The molecule has 104 valence electrons. The van der Waals surface area contributed by atoms with Crippen LogP contribution < -0.4 is 5.32 Å². The van der Waals surface area contributed by atoms with E-state index in [0.29, 0.717) is 13.1 Å². The lowest BCUT2D eigenvalue weighted by atomic mass is 10.2. The quantitative estimate of drug-likeness (QED) is 0.847. The molecule has 0 saturated carbocycles. The summed E-state index contributed by atoms with van der Waals surface area (Å²) in [6.07, 6.45) is 2.20. The molecule has 2 atom stereocenters. The lowest BCUT2D eigenvalue weighted by Gasteiger charge is -2.35. The molecule has 0 spiro atoms. The number of rotatable bonds is 2. The van der Waals surface area contributed by atoms with Gasteiger partial charge in [-0.15, -0.1) is 11.8 Å². The number of morpholine rings is 1. The molecule has 1 N–H and O–H groups in total. The van der Waals surface area contributed by atoms with Crippen molar-refractivity contribution in [3.8, 4) is 0 Å². The van der Waals surface area contributed by atoms with Gasteiger partial charge in [0.05, 0.1) is 12.2 Å². The summed E-state index contributed by atoms with van der Waals surface area (Å²) in [5.41, 5.74) is 0.837. The number of anilines is 1. The third-order valence-electron chi connectivity index (χ3n) is 3.03. The number of hydrogen-bond acceptors (Lipinski definition) is 3. The molecule has 2 rings (SSSR count). The van der Waals surface area contributed by atoms with E-state index in [9.17, 15) is 4.79 Å². The molecule has 4 nitrogen and oxygen atoms in total. The molecule has 0 unspecified atom stereocenters. The summed E-state index contributed by atoms with van der Waals surface area (Å²) < 4.78 is 5.63. The maximum absolute atomic E-state index is 12.2. The van der Waals surface area contributed by atoms with Crippen molar-refractivity contribution in [2.45, 2.75) is 31.0 Å². The molecule has 0 bridgehead atoms. The molecular formula is C14H20N2O2S. The Kier molecular flexibility index (Phi) is 4.71. The molecule has 1 aromatic rings. The van der Waals surface area contributed by atoms with Crippen LogP contribution in [-0.2, 0) is 4.74 Å². The molecule has 1 aliphatic heterocycles. The van der Waals surface area contributed by atoms with E-state index < -0.39 is 0 Å². The highest BCUT2D eigenvalue weighted by Gasteiger charge is 2.25. The van der Waals surface area contributed by atoms with Crippen molar-refractivity contribution in [2.75, 3.05) is 24.7 Å². The largest absolute Gasteiger partial charge is 0.372 e. The zero-order valence-electron chi connectivity index (χ0n) is 11.6. The van der Waals surface area contributed by atoms with Gasteiger partial charge >= 0.3 is 6.03 Å². The number of amides is 2. The van der Waals surface area contributed by atoms with Gasteiger partial charge in [0, 0.05) is 23.7 Å². The summed E-state index contributed by atoms with van der Waals surface area (Å²) in [5.74, 6) is 0. The Morgan fingerprint density at radius 2 is 2.05 bits per heavy atom. The van der Waals surface area contributed by atoms with E-state index in [1.165, 1.54) is 0 Å². The van der Waals surface area contributed by atoms with Crippen molar-refractivity contribution in [1.29, 1.82) is 0 Å². The number of benzene rings is 1. The average Bonchev–Trinajstić information content (AvgIpc) is 2.37. The van der Waals surface area contributed by atoms with Gasteiger partial charge in [0.2, 0.25) is 0 Å². The molecule has 2 amide bonds. The first-order valence-electron chi connectivity index (χ1n) is 6.44. The summed E-state index contributed by atoms with van der Waals surface area (Å²) in [4.78, 5) is 15.2. The summed E-state index contributed by atoms with van der Waals surface area (Å²) in [5, 5.41) is 2.95. The number of carbonyl (C=O) groups excluding carboxylic acids is 1. The number of nitrogens with one attached hydrogen (secondary N) is 1. The summed E-state index contributed by atoms with van der Waals surface area (Å²) in [6, 6.07) is 7.81. The van der Waals surface area contributed by atoms with E-state index in [1.807, 2.05) is 49.3 Å². The molecule has 1 fully saturated rings. The number of urea groups is 1. The topological polar surface area (TPSA) is 41.6 Å². The fourth-order valence-electron chi connectivity index (χ4n) is 2.25. The molecule has 0 radical (unpaired) electrons. The number of ether oxygens (including phenoxy) is 1. The average molecular weight is 280 g/mol. The third-order valence-corrected chi connectivity index (χ3v) is 3.75. The standard InChI is InChI=1S/C14H20N2O2S/c1-10-8-16(9-11(2)18-10)14(17)15-12-5-4-6-13(7-12)19-3/h4-7,10-11H,8-9H2,1-3H3,(H,15,17)/t10-,11-/m0/s1. The van der Waals surface area contributed by atoms with Crippen LogP contribution in [0.2, 0.25) is 0 Å². The van der Waals surface area contributed by atoms with Gasteiger partial charge in [0.1, 0.15) is 0 Å². The zero-order chi connectivity index (χ0) is 13.8. The Morgan fingerprint density at radius 3 is 2.68 bits per heavy atom. The van der Waals surface area contributed by atoms with Crippen molar-refractivity contribution in [2.24, 2.45) is 0 Å². The maximum atomic E-state index is 12.2. The van der Waals surface area contributed by atoms with E-state index in [-0.39, 0.29) is 18.2 Å². The minimum Gasteiger partial charge on any atom is -0.372 e. The van der Waals surface area contributed by atoms with Crippen molar-refractivity contribution in [3.63, 3.8) is 0 Å². The zero-order valence-corrected chi connectivity index (χ0v) is 12.4. The Balaban J connectivity index is 2.00. The van der Waals surface area contributed by atoms with Crippen LogP contribution >= 0.6 is 11.8 Å². The van der Waals surface area contributed by atoms with Crippen LogP contribution in [0.15, 0.2) is 29.2 Å². The molecule has 5 heteroatoms. The molecule has 1 aromatic carbocycles. The van der Waals surface area contributed by atoms with Gasteiger partial charge in [-0.1, -0.05) is 6.07 Å². The molecular weight excluding hydrogens is 260 g/mol. The summed E-state index contributed by atoms with van der Waals surface area (Å²) in [6.45, 7) is 5.26. The van der Waals surface area contributed by atoms with Crippen LogP contribution in [0.3, 0.4) is 0 Å². The summed E-state index contributed by atoms with van der Waals surface area (Å²) >= 11 is 1.66. The smallest absolute Gasteiger partial charge is 0.322 e. The third kappa shape index (κ3) is 3.88. The number of hydrogen-bond donors (Lipinski definition) is 1. The first kappa shape index (κ1) is 14.2. The van der Waals surface area contributed by atoms with Gasteiger partial charge in [-0.2, -0.15) is 0 Å². The van der Waals surface area contributed by atoms with Gasteiger partial charge < -0.3 is 15.0 Å². The van der Waals surface area contributed by atoms with E-state index in [2.05, 4.69) is 5.32 Å². The van der Waals surface area contributed by atoms with Crippen LogP contribution in [-0.4, -0.2) is 42.5 Å². The highest BCUT2D eigenvalue weighted by atomic mass is 32.2. The van der Waals surface area contributed by atoms with E-state index in [1.54, 1.807) is 11.8 Å². The Bertz CT molecular complexity index is 443. The molecule has 19 heavy (non-hydrogen) atoms. The van der Waals surface area contributed by atoms with Gasteiger partial charge in [-0.05, 0) is 38.3 Å². The molecule has 1 saturated heterocycles. The first-order chi connectivity index (χ1) is 9.08. The second-order valence-electron chi connectivity index (χ2n) is 4.82. The number of thioether (sulfide) groups is 1. The Labute approximate surface area is 118 Å². The highest BCUT2D eigenvalue weighted by Crippen LogP contribution is 2.20. The van der Waals surface area contributed by atoms with Gasteiger partial charge in [-0.25, -0.2) is 4.79 Å². The molecule has 1 heterocycles. The van der Waals surface area contributed by atoms with Crippen LogP contribution in [0.25, 0.3) is 0 Å². The molecule has 1 aliphatic rings. The van der Waals surface area contributed by atoms with Crippen molar-refractivity contribution in [3.05, 3.63) is 24.3 Å². The lowest BCUT2D eigenvalue weighted by Crippen LogP contribution is -2.49. The minimum atomic E-state index is -0.0553. The number of nitrogens with zero attached hydrogens (tertiary/aromatic N) is 1. The predicted octanol–water partition coefficient (Wildman–Crippen LogP) is 3.05. The van der Waals surface area contributed by atoms with Crippen LogP contribution in [0.1, 0.15) is 13.8 Å². The Morgan fingerprint density at radius 1 is 1.37 bits per heavy atom. The minimum absolute atomic E-state index is 0.0553. The second kappa shape index (κ2) is 6.30. The predicted molar refractivity (Wildman–Crippen MR) is 78.8 cm³/mol. The monoisotopic (exact) mass is 280 g/mol. The normalized spacial score (nSPS) is 23.2. The van der Waals surface area contributed by atoms with E-state index >= 15 is 0 Å². The highest BCUT2D eigenvalue weighted by molar-refractivity contribution is 7.98. The van der Waals surface area contributed by atoms with Crippen molar-refractivity contribution < 1.29 is 9.53 Å². The van der Waals surface area contributed by atoms with Gasteiger partial charge in [0.25, 0.3) is 0 Å². The second-order valence-corrected chi connectivity index (χ2v) is 5.70. The van der Waals surface area contributed by atoms with Crippen LogP contribution in [0, 0.1) is 0 Å². The first-order valence-corrected chi connectivity index (χ1v) is 7.66. The van der Waals surface area contributed by atoms with E-state index in [0.717, 1.165) is 10.6 Å².